The molecule has 0 aliphatic carbocycles. The molecule has 76 valence electrons. The Hall–Kier alpha value is -1.72. The summed E-state index contributed by atoms with van der Waals surface area (Å²) in [6.45, 7) is 0. The van der Waals surface area contributed by atoms with Gasteiger partial charge in [0.2, 0.25) is 11.8 Å². The fourth-order valence-corrected chi connectivity index (χ4v) is 1.04. The van der Waals surface area contributed by atoms with Gasteiger partial charge in [-0.25, -0.2) is 13.8 Å². The highest BCUT2D eigenvalue weighted by Crippen LogP contribution is 2.29. The summed E-state index contributed by atoms with van der Waals surface area (Å²) in [5, 5.41) is 0. The van der Waals surface area contributed by atoms with Crippen LogP contribution < -0.4 is 10.5 Å². The van der Waals surface area contributed by atoms with Crippen LogP contribution in [0.15, 0.2) is 12.3 Å². The lowest BCUT2D eigenvalue weighted by molar-refractivity contribution is 0.0983. The number of methoxy groups -OCH3 is 1. The predicted molar refractivity (Wildman–Crippen MR) is 44.3 cm³/mol. The first-order chi connectivity index (χ1) is 6.57. The fraction of sp³-hybridized carbons (Fsp3) is 0.250. The van der Waals surface area contributed by atoms with E-state index in [0.29, 0.717) is 0 Å². The van der Waals surface area contributed by atoms with Crippen LogP contribution in [0.3, 0.4) is 0 Å². The Kier molecular flexibility index (Phi) is 2.95. The standard InChI is InChI=1S/C8H8F2N2O2/c1-14-8-5(6(9)10)4(7(11)13)2-3-12-8/h2-3,6H,1H3,(H2,11,13). The number of alkyl halides is 2. The van der Waals surface area contributed by atoms with Gasteiger partial charge in [-0.2, -0.15) is 0 Å². The molecule has 6 heteroatoms. The van der Waals surface area contributed by atoms with Gasteiger partial charge in [0, 0.05) is 6.20 Å². The fourth-order valence-electron chi connectivity index (χ4n) is 1.04. The van der Waals surface area contributed by atoms with Gasteiger partial charge in [0.25, 0.3) is 6.43 Å². The molecule has 0 aliphatic rings. The highest BCUT2D eigenvalue weighted by Gasteiger charge is 2.22. The first-order valence-electron chi connectivity index (χ1n) is 3.68. The van der Waals surface area contributed by atoms with Gasteiger partial charge < -0.3 is 10.5 Å². The zero-order valence-corrected chi connectivity index (χ0v) is 7.33. The van der Waals surface area contributed by atoms with Gasteiger partial charge in [-0.05, 0) is 6.07 Å². The maximum absolute atomic E-state index is 12.5. The number of hydrogen-bond acceptors (Lipinski definition) is 3. The normalized spacial score (nSPS) is 10.3. The number of carbonyl (C=O) groups excluding carboxylic acids is 1. The second kappa shape index (κ2) is 3.99. The molecule has 0 unspecified atom stereocenters. The molecule has 4 nitrogen and oxygen atoms in total. The number of nitrogens with zero attached hydrogens (tertiary/aromatic N) is 1. The molecule has 1 heterocycles. The molecule has 14 heavy (non-hydrogen) atoms. The van der Waals surface area contributed by atoms with Gasteiger partial charge >= 0.3 is 0 Å². The maximum atomic E-state index is 12.5. The molecule has 0 fully saturated rings. The third-order valence-electron chi connectivity index (χ3n) is 1.63. The molecule has 0 saturated carbocycles. The summed E-state index contributed by atoms with van der Waals surface area (Å²) < 4.78 is 29.6. The van der Waals surface area contributed by atoms with E-state index in [-0.39, 0.29) is 11.4 Å². The molecular weight excluding hydrogens is 194 g/mol. The highest BCUT2D eigenvalue weighted by atomic mass is 19.3. The smallest absolute Gasteiger partial charge is 0.269 e. The molecular formula is C8H8F2N2O2. The summed E-state index contributed by atoms with van der Waals surface area (Å²) in [6, 6.07) is 1.13. The van der Waals surface area contributed by atoms with Crippen molar-refractivity contribution in [2.75, 3.05) is 7.11 Å². The molecule has 0 bridgehead atoms. The lowest BCUT2D eigenvalue weighted by Crippen LogP contribution is -2.15. The van der Waals surface area contributed by atoms with Gasteiger partial charge in [-0.15, -0.1) is 0 Å². The van der Waals surface area contributed by atoms with Crippen LogP contribution in [-0.2, 0) is 0 Å². The van der Waals surface area contributed by atoms with E-state index in [9.17, 15) is 13.6 Å². The van der Waals surface area contributed by atoms with Crippen molar-refractivity contribution in [1.82, 2.24) is 4.98 Å². The predicted octanol–water partition coefficient (Wildman–Crippen LogP) is 1.13. The molecule has 2 N–H and O–H groups in total. The molecule has 1 rings (SSSR count). The van der Waals surface area contributed by atoms with Gasteiger partial charge in [-0.3, -0.25) is 4.79 Å². The molecule has 1 aromatic heterocycles. The van der Waals surface area contributed by atoms with Gasteiger partial charge in [0.05, 0.1) is 18.2 Å². The topological polar surface area (TPSA) is 65.2 Å². The van der Waals surface area contributed by atoms with Crippen molar-refractivity contribution in [3.05, 3.63) is 23.4 Å². The van der Waals surface area contributed by atoms with Crippen LogP contribution in [-0.4, -0.2) is 18.0 Å². The summed E-state index contributed by atoms with van der Waals surface area (Å²) in [5.74, 6) is -1.21. The van der Waals surface area contributed by atoms with Crippen molar-refractivity contribution >= 4 is 5.91 Å². The zero-order chi connectivity index (χ0) is 10.7. The summed E-state index contributed by atoms with van der Waals surface area (Å²) >= 11 is 0. The lowest BCUT2D eigenvalue weighted by atomic mass is 10.1. The van der Waals surface area contributed by atoms with Crippen LogP contribution in [0.4, 0.5) is 8.78 Å². The molecule has 0 radical (unpaired) electrons. The Labute approximate surface area is 78.7 Å². The number of nitrogens with two attached hydrogens (primary N) is 1. The van der Waals surface area contributed by atoms with Crippen LogP contribution in [0.5, 0.6) is 5.88 Å². The number of hydrogen-bond donors (Lipinski definition) is 1. The number of carbonyl (C=O) groups is 1. The first kappa shape index (κ1) is 10.4. The van der Waals surface area contributed by atoms with E-state index in [1.165, 1.54) is 13.3 Å². The highest BCUT2D eigenvalue weighted by molar-refractivity contribution is 5.94. The van der Waals surface area contributed by atoms with E-state index in [1.54, 1.807) is 0 Å². The van der Waals surface area contributed by atoms with E-state index >= 15 is 0 Å². The quantitative estimate of drug-likeness (QED) is 0.798. The molecule has 0 aromatic carbocycles. The zero-order valence-electron chi connectivity index (χ0n) is 7.33. The van der Waals surface area contributed by atoms with E-state index in [1.807, 2.05) is 0 Å². The number of aromatic nitrogens is 1. The third kappa shape index (κ3) is 1.78. The van der Waals surface area contributed by atoms with E-state index < -0.39 is 17.9 Å². The third-order valence-corrected chi connectivity index (χ3v) is 1.63. The number of halogens is 2. The van der Waals surface area contributed by atoms with E-state index in [2.05, 4.69) is 9.72 Å². The lowest BCUT2D eigenvalue weighted by Gasteiger charge is -2.09. The van der Waals surface area contributed by atoms with Crippen molar-refractivity contribution in [2.24, 2.45) is 5.73 Å². The van der Waals surface area contributed by atoms with Crippen molar-refractivity contribution in [3.63, 3.8) is 0 Å². The minimum absolute atomic E-state index is 0.271. The number of ether oxygens (including phenoxy) is 1. The SMILES string of the molecule is COc1nccc(C(N)=O)c1C(F)F. The van der Waals surface area contributed by atoms with Crippen LogP contribution in [0, 0.1) is 0 Å². The van der Waals surface area contributed by atoms with Gasteiger partial charge in [-0.1, -0.05) is 0 Å². The average Bonchev–Trinajstić information content (AvgIpc) is 2.16. The number of amides is 1. The maximum Gasteiger partial charge on any atom is 0.269 e. The summed E-state index contributed by atoms with van der Waals surface area (Å²) in [5.41, 5.74) is 4.08. The minimum Gasteiger partial charge on any atom is -0.481 e. The van der Waals surface area contributed by atoms with Crippen LogP contribution in [0.2, 0.25) is 0 Å². The summed E-state index contributed by atoms with van der Waals surface area (Å²) in [6.07, 6.45) is -1.66. The number of primary amides is 1. The second-order valence-electron chi connectivity index (χ2n) is 2.45. The monoisotopic (exact) mass is 202 g/mol. The molecule has 0 aliphatic heterocycles. The minimum atomic E-state index is -2.85. The second-order valence-corrected chi connectivity index (χ2v) is 2.45. The van der Waals surface area contributed by atoms with Gasteiger partial charge in [0.1, 0.15) is 0 Å². The van der Waals surface area contributed by atoms with Crippen molar-refractivity contribution < 1.29 is 18.3 Å². The molecule has 1 aromatic rings. The summed E-state index contributed by atoms with van der Waals surface area (Å²) in [7, 11) is 1.19. The largest absolute Gasteiger partial charge is 0.481 e. The average molecular weight is 202 g/mol. The van der Waals surface area contributed by atoms with Gasteiger partial charge in [0.15, 0.2) is 0 Å². The van der Waals surface area contributed by atoms with Crippen LogP contribution >= 0.6 is 0 Å². The van der Waals surface area contributed by atoms with Crippen molar-refractivity contribution in [1.29, 1.82) is 0 Å². The Morgan fingerprint density at radius 3 is 2.71 bits per heavy atom. The van der Waals surface area contributed by atoms with E-state index in [4.69, 9.17) is 5.73 Å². The Bertz CT molecular complexity index is 355. The first-order valence-corrected chi connectivity index (χ1v) is 3.68. The molecule has 0 saturated heterocycles. The Morgan fingerprint density at radius 1 is 1.64 bits per heavy atom. The molecule has 0 spiro atoms. The van der Waals surface area contributed by atoms with Crippen molar-refractivity contribution in [3.8, 4) is 5.88 Å². The van der Waals surface area contributed by atoms with Crippen LogP contribution in [0.1, 0.15) is 22.3 Å². The Balaban J connectivity index is 3.35. The number of pyridine rings is 1. The number of rotatable bonds is 3. The Morgan fingerprint density at radius 2 is 2.29 bits per heavy atom. The van der Waals surface area contributed by atoms with Crippen molar-refractivity contribution in [2.45, 2.75) is 6.43 Å². The molecule has 1 amide bonds. The van der Waals surface area contributed by atoms with Crippen LogP contribution in [0.25, 0.3) is 0 Å². The van der Waals surface area contributed by atoms with E-state index in [0.717, 1.165) is 6.07 Å². The molecule has 0 atom stereocenters. The summed E-state index contributed by atoms with van der Waals surface area (Å²) in [4.78, 5) is 14.4.